The second kappa shape index (κ2) is 6.92. The molecule has 132 valence electrons. The summed E-state index contributed by atoms with van der Waals surface area (Å²) >= 11 is 0. The third-order valence-electron chi connectivity index (χ3n) is 4.46. The van der Waals surface area contributed by atoms with Gasteiger partial charge in [0.25, 0.3) is 11.5 Å². The summed E-state index contributed by atoms with van der Waals surface area (Å²) in [5.74, 6) is 0.274. The molecule has 8 heteroatoms. The van der Waals surface area contributed by atoms with E-state index in [1.165, 1.54) is 13.1 Å². The Morgan fingerprint density at radius 3 is 2.92 bits per heavy atom. The van der Waals surface area contributed by atoms with Gasteiger partial charge in [-0.25, -0.2) is 4.79 Å². The Hall–Kier alpha value is -2.90. The number of aryl methyl sites for hydroxylation is 1. The van der Waals surface area contributed by atoms with E-state index in [1.54, 1.807) is 12.3 Å². The van der Waals surface area contributed by atoms with Gasteiger partial charge in [-0.2, -0.15) is 0 Å². The average Bonchev–Trinajstić information content (AvgIpc) is 3.07. The van der Waals surface area contributed by atoms with E-state index in [4.69, 9.17) is 0 Å². The second-order valence-electron chi connectivity index (χ2n) is 6.16. The first-order valence-corrected chi connectivity index (χ1v) is 8.29. The van der Waals surface area contributed by atoms with Gasteiger partial charge < -0.3 is 10.2 Å². The molecule has 3 rings (SSSR count). The van der Waals surface area contributed by atoms with Crippen LogP contribution < -0.4 is 21.5 Å². The van der Waals surface area contributed by atoms with Gasteiger partial charge in [-0.15, -0.1) is 0 Å². The molecule has 2 aromatic heterocycles. The molecule has 8 nitrogen and oxygen atoms in total. The molecule has 1 amide bonds. The zero-order valence-corrected chi connectivity index (χ0v) is 14.3. The minimum atomic E-state index is -0.449. The molecular weight excluding hydrogens is 322 g/mol. The first kappa shape index (κ1) is 16.9. The van der Waals surface area contributed by atoms with E-state index in [-0.39, 0.29) is 17.5 Å². The van der Waals surface area contributed by atoms with Crippen LogP contribution in [0.15, 0.2) is 34.0 Å². The number of carbonyl (C=O) groups is 1. The molecule has 0 radical (unpaired) electrons. The van der Waals surface area contributed by atoms with E-state index in [2.05, 4.69) is 15.3 Å². The number of nitrogens with zero attached hydrogens (tertiary/aromatic N) is 3. The van der Waals surface area contributed by atoms with Gasteiger partial charge in [0.15, 0.2) is 0 Å². The number of rotatable bonds is 4. The number of aromatic nitrogens is 3. The molecule has 1 fully saturated rings. The number of carbonyl (C=O) groups excluding carboxylic acids is 1. The number of H-pyrrole nitrogens is 1. The van der Waals surface area contributed by atoms with E-state index in [0.29, 0.717) is 24.6 Å². The highest BCUT2D eigenvalue weighted by Gasteiger charge is 2.25. The second-order valence-corrected chi connectivity index (χ2v) is 6.16. The van der Waals surface area contributed by atoms with Crippen LogP contribution in [0.5, 0.6) is 0 Å². The molecule has 0 bridgehead atoms. The Labute approximate surface area is 144 Å². The lowest BCUT2D eigenvalue weighted by Crippen LogP contribution is -2.39. The molecule has 2 aromatic rings. The van der Waals surface area contributed by atoms with Crippen LogP contribution in [0.2, 0.25) is 0 Å². The van der Waals surface area contributed by atoms with Crippen molar-refractivity contribution < 1.29 is 4.79 Å². The zero-order chi connectivity index (χ0) is 18.0. The fourth-order valence-electron chi connectivity index (χ4n) is 2.89. The van der Waals surface area contributed by atoms with Gasteiger partial charge in [0.05, 0.1) is 0 Å². The third kappa shape index (κ3) is 3.62. The third-order valence-corrected chi connectivity index (χ3v) is 4.46. The summed E-state index contributed by atoms with van der Waals surface area (Å²) in [6.45, 7) is 3.20. The zero-order valence-electron chi connectivity index (χ0n) is 14.3. The van der Waals surface area contributed by atoms with Crippen molar-refractivity contribution in [2.24, 2.45) is 7.05 Å². The fourth-order valence-corrected chi connectivity index (χ4v) is 2.89. The molecule has 2 N–H and O–H groups in total. The maximum Gasteiger partial charge on any atom is 0.329 e. The number of amides is 1. The predicted octanol–water partition coefficient (Wildman–Crippen LogP) is 0.0397. The summed E-state index contributed by atoms with van der Waals surface area (Å²) in [4.78, 5) is 44.5. The summed E-state index contributed by atoms with van der Waals surface area (Å²) < 4.78 is 1.02. The van der Waals surface area contributed by atoms with Crippen LogP contribution in [0.25, 0.3) is 0 Å². The number of anilines is 1. The van der Waals surface area contributed by atoms with Gasteiger partial charge in [0, 0.05) is 38.4 Å². The largest absolute Gasteiger partial charge is 0.356 e. The van der Waals surface area contributed by atoms with Crippen molar-refractivity contribution in [2.75, 3.05) is 18.0 Å². The number of pyridine rings is 1. The number of nitrogens with one attached hydrogen (secondary N) is 2. The van der Waals surface area contributed by atoms with Crippen LogP contribution >= 0.6 is 0 Å². The van der Waals surface area contributed by atoms with Gasteiger partial charge in [0.1, 0.15) is 11.5 Å². The Morgan fingerprint density at radius 1 is 1.40 bits per heavy atom. The topological polar surface area (TPSA) is 100 Å². The number of hydrogen-bond acceptors (Lipinski definition) is 5. The van der Waals surface area contributed by atoms with E-state index >= 15 is 0 Å². The molecule has 1 saturated heterocycles. The van der Waals surface area contributed by atoms with E-state index < -0.39 is 5.69 Å². The van der Waals surface area contributed by atoms with Crippen LogP contribution in [-0.4, -0.2) is 39.6 Å². The molecule has 0 unspecified atom stereocenters. The molecule has 0 aliphatic carbocycles. The van der Waals surface area contributed by atoms with Gasteiger partial charge in [0.2, 0.25) is 0 Å². The van der Waals surface area contributed by atoms with Crippen molar-refractivity contribution in [3.8, 4) is 0 Å². The lowest BCUT2D eigenvalue weighted by Gasteiger charge is -2.18. The standard InChI is InChI=1S/C17H21N5O3/c1-3-11-4-6-18-13(8-11)16(24)19-12-5-7-22(10-12)14-9-15(23)21(2)17(25)20-14/h4,6,8-9,12H,3,5,7,10H2,1-2H3,(H,19,24)(H,20,25)/t12-/m0/s1. The SMILES string of the molecule is CCc1ccnc(C(=O)N[C@H]2CCN(c3cc(=O)n(C)c(=O)[nH]3)C2)c1. The minimum absolute atomic E-state index is 0.0628. The van der Waals surface area contributed by atoms with Crippen LogP contribution in [0.3, 0.4) is 0 Å². The van der Waals surface area contributed by atoms with Gasteiger partial charge in [-0.05, 0) is 30.5 Å². The van der Waals surface area contributed by atoms with Crippen molar-refractivity contribution >= 4 is 11.7 Å². The molecule has 0 spiro atoms. The van der Waals surface area contributed by atoms with Crippen LogP contribution in [0.1, 0.15) is 29.4 Å². The van der Waals surface area contributed by atoms with Crippen molar-refractivity contribution in [2.45, 2.75) is 25.8 Å². The Bertz CT molecular complexity index is 870. The predicted molar refractivity (Wildman–Crippen MR) is 94.0 cm³/mol. The molecule has 25 heavy (non-hydrogen) atoms. The van der Waals surface area contributed by atoms with Crippen molar-refractivity contribution in [3.63, 3.8) is 0 Å². The Kier molecular flexibility index (Phi) is 4.69. The van der Waals surface area contributed by atoms with E-state index in [9.17, 15) is 14.4 Å². The molecule has 0 aromatic carbocycles. The van der Waals surface area contributed by atoms with Crippen molar-refractivity contribution in [3.05, 3.63) is 56.5 Å². The first-order chi connectivity index (χ1) is 12.0. The maximum absolute atomic E-state index is 12.4. The quantitative estimate of drug-likeness (QED) is 0.816. The Morgan fingerprint density at radius 2 is 2.20 bits per heavy atom. The molecule has 3 heterocycles. The van der Waals surface area contributed by atoms with E-state index in [1.807, 2.05) is 17.9 Å². The van der Waals surface area contributed by atoms with Crippen molar-refractivity contribution in [1.82, 2.24) is 19.9 Å². The molecule has 1 atom stereocenters. The lowest BCUT2D eigenvalue weighted by molar-refractivity contribution is 0.0935. The molecule has 1 aliphatic heterocycles. The summed E-state index contributed by atoms with van der Waals surface area (Å²) in [5, 5.41) is 2.97. The monoisotopic (exact) mass is 343 g/mol. The van der Waals surface area contributed by atoms with Crippen LogP contribution in [-0.2, 0) is 13.5 Å². The number of hydrogen-bond donors (Lipinski definition) is 2. The summed E-state index contributed by atoms with van der Waals surface area (Å²) in [6, 6.07) is 5.02. The molecule has 1 aliphatic rings. The molecule has 0 saturated carbocycles. The smallest absolute Gasteiger partial charge is 0.329 e. The van der Waals surface area contributed by atoms with E-state index in [0.717, 1.165) is 23.0 Å². The summed E-state index contributed by atoms with van der Waals surface area (Å²) in [6.07, 6.45) is 3.21. The summed E-state index contributed by atoms with van der Waals surface area (Å²) in [5.41, 5.74) is 0.660. The van der Waals surface area contributed by atoms with Crippen molar-refractivity contribution in [1.29, 1.82) is 0 Å². The van der Waals surface area contributed by atoms with Crippen LogP contribution in [0.4, 0.5) is 5.82 Å². The van der Waals surface area contributed by atoms with Gasteiger partial charge in [-0.3, -0.25) is 24.1 Å². The Balaban J connectivity index is 1.68. The first-order valence-electron chi connectivity index (χ1n) is 8.29. The highest BCUT2D eigenvalue weighted by Crippen LogP contribution is 2.16. The average molecular weight is 343 g/mol. The van der Waals surface area contributed by atoms with Gasteiger partial charge >= 0.3 is 5.69 Å². The maximum atomic E-state index is 12.4. The summed E-state index contributed by atoms with van der Waals surface area (Å²) in [7, 11) is 1.43. The minimum Gasteiger partial charge on any atom is -0.356 e. The molecular formula is C17H21N5O3. The lowest BCUT2D eigenvalue weighted by atomic mass is 10.1. The van der Waals surface area contributed by atoms with Crippen LogP contribution in [0, 0.1) is 0 Å². The number of aromatic amines is 1. The fraction of sp³-hybridized carbons (Fsp3) is 0.412. The normalized spacial score (nSPS) is 16.9. The van der Waals surface area contributed by atoms with Gasteiger partial charge in [-0.1, -0.05) is 6.92 Å². The highest BCUT2D eigenvalue weighted by molar-refractivity contribution is 5.92. The highest BCUT2D eigenvalue weighted by atomic mass is 16.2.